The van der Waals surface area contributed by atoms with Crippen molar-refractivity contribution in [3.05, 3.63) is 88.4 Å². The van der Waals surface area contributed by atoms with Gasteiger partial charge in [-0.1, -0.05) is 74.5 Å². The number of thioether (sulfide) groups is 1. The van der Waals surface area contributed by atoms with Gasteiger partial charge in [-0.15, -0.1) is 23.1 Å². The lowest BCUT2D eigenvalue weighted by Crippen LogP contribution is -2.54. The molecule has 0 fully saturated rings. The third-order valence-electron chi connectivity index (χ3n) is 8.14. The number of nitrogens with two attached hydrogens (primary N) is 1. The molecule has 11 nitrogen and oxygen atoms in total. The molecule has 13 heteroatoms. The Morgan fingerprint density at radius 1 is 0.939 bits per heavy atom. The number of urea groups is 1. The molecule has 1 unspecified atom stereocenters. The van der Waals surface area contributed by atoms with Gasteiger partial charge in [-0.05, 0) is 49.8 Å². The number of amides is 4. The van der Waals surface area contributed by atoms with Gasteiger partial charge in [0.1, 0.15) is 12.6 Å². The first-order chi connectivity index (χ1) is 23.7. The van der Waals surface area contributed by atoms with Crippen LogP contribution in [0.4, 0.5) is 9.59 Å². The van der Waals surface area contributed by atoms with Crippen molar-refractivity contribution in [3.63, 3.8) is 0 Å². The highest BCUT2D eigenvalue weighted by molar-refractivity contribution is 8.14. The SMILES string of the molecule is CC(C)C1=NC(CN(C)C(=O)N[C@@H](CCN)C(=O)N[C@H](CC[C@H](Cc2ccccc2)NC(=O)OCc2cncs2)Cc2ccccc2)CS1. The first kappa shape index (κ1) is 37.9. The molecule has 0 saturated carbocycles. The lowest BCUT2D eigenvalue weighted by molar-refractivity contribution is -0.123. The zero-order valence-electron chi connectivity index (χ0n) is 28.5. The summed E-state index contributed by atoms with van der Waals surface area (Å²) in [5, 5.41) is 10.3. The minimum atomic E-state index is -0.800. The van der Waals surface area contributed by atoms with Crippen molar-refractivity contribution in [3.8, 4) is 0 Å². The molecule has 5 N–H and O–H groups in total. The molecular formula is C36H49N7O4S2. The predicted octanol–water partition coefficient (Wildman–Crippen LogP) is 5.02. The first-order valence-electron chi connectivity index (χ1n) is 16.8. The quantitative estimate of drug-likeness (QED) is 0.145. The van der Waals surface area contributed by atoms with Crippen molar-refractivity contribution in [1.82, 2.24) is 25.8 Å². The Labute approximate surface area is 297 Å². The van der Waals surface area contributed by atoms with Gasteiger partial charge in [0.2, 0.25) is 5.91 Å². The smallest absolute Gasteiger partial charge is 0.407 e. The summed E-state index contributed by atoms with van der Waals surface area (Å²) in [4.78, 5) is 51.0. The Hall–Kier alpha value is -3.94. The number of alkyl carbamates (subject to hydrolysis) is 1. The number of hydrogen-bond donors (Lipinski definition) is 4. The van der Waals surface area contributed by atoms with Gasteiger partial charge in [0.15, 0.2) is 0 Å². The Morgan fingerprint density at radius 3 is 2.12 bits per heavy atom. The molecule has 0 spiro atoms. The summed E-state index contributed by atoms with van der Waals surface area (Å²) >= 11 is 3.16. The monoisotopic (exact) mass is 707 g/mol. The summed E-state index contributed by atoms with van der Waals surface area (Å²) in [6.07, 6.45) is 3.81. The van der Waals surface area contributed by atoms with Crippen LogP contribution in [0.3, 0.4) is 0 Å². The van der Waals surface area contributed by atoms with E-state index in [1.807, 2.05) is 60.7 Å². The largest absolute Gasteiger partial charge is 0.444 e. The fraction of sp³-hybridized carbons (Fsp3) is 0.472. The van der Waals surface area contributed by atoms with Gasteiger partial charge in [0.05, 0.1) is 21.5 Å². The fourth-order valence-electron chi connectivity index (χ4n) is 5.55. The van der Waals surface area contributed by atoms with Crippen molar-refractivity contribution in [1.29, 1.82) is 0 Å². The average molecular weight is 708 g/mol. The van der Waals surface area contributed by atoms with E-state index in [1.165, 1.54) is 11.3 Å². The average Bonchev–Trinajstić information content (AvgIpc) is 3.80. The molecular weight excluding hydrogens is 659 g/mol. The van der Waals surface area contributed by atoms with E-state index in [0.717, 1.165) is 26.8 Å². The number of nitrogens with zero attached hydrogens (tertiary/aromatic N) is 3. The van der Waals surface area contributed by atoms with E-state index < -0.39 is 12.1 Å². The first-order valence-corrected chi connectivity index (χ1v) is 18.7. The topological polar surface area (TPSA) is 151 Å². The maximum absolute atomic E-state index is 13.7. The van der Waals surface area contributed by atoms with Crippen molar-refractivity contribution >= 4 is 46.2 Å². The number of aliphatic imine (C=N–C) groups is 1. The van der Waals surface area contributed by atoms with Gasteiger partial charge in [0.25, 0.3) is 0 Å². The molecule has 2 aromatic carbocycles. The minimum Gasteiger partial charge on any atom is -0.444 e. The fourth-order valence-corrected chi connectivity index (χ4v) is 7.16. The van der Waals surface area contributed by atoms with Crippen molar-refractivity contribution in [2.24, 2.45) is 16.6 Å². The van der Waals surface area contributed by atoms with Crippen LogP contribution in [0.2, 0.25) is 0 Å². The third-order valence-corrected chi connectivity index (χ3v) is 10.3. The second-order valence-electron chi connectivity index (χ2n) is 12.6. The van der Waals surface area contributed by atoms with E-state index in [-0.39, 0.29) is 43.2 Å². The normalized spacial score (nSPS) is 15.9. The molecule has 1 aromatic heterocycles. The summed E-state index contributed by atoms with van der Waals surface area (Å²) in [7, 11) is 1.72. The van der Waals surface area contributed by atoms with Crippen LogP contribution in [-0.2, 0) is 29.0 Å². The van der Waals surface area contributed by atoms with Gasteiger partial charge < -0.3 is 31.3 Å². The highest BCUT2D eigenvalue weighted by Gasteiger charge is 2.27. The molecule has 4 atom stereocenters. The highest BCUT2D eigenvalue weighted by Crippen LogP contribution is 2.23. The number of aromatic nitrogens is 1. The maximum Gasteiger partial charge on any atom is 0.407 e. The Morgan fingerprint density at radius 2 is 1.57 bits per heavy atom. The van der Waals surface area contributed by atoms with Crippen LogP contribution < -0.4 is 21.7 Å². The number of nitrogens with one attached hydrogen (secondary N) is 3. The highest BCUT2D eigenvalue weighted by atomic mass is 32.2. The molecule has 3 aromatic rings. The number of benzene rings is 2. The lowest BCUT2D eigenvalue weighted by Gasteiger charge is -2.27. The molecule has 1 aliphatic rings. The molecule has 264 valence electrons. The minimum absolute atomic E-state index is 0.0256. The number of likely N-dealkylation sites (N-methyl/N-ethyl adjacent to an activating group) is 1. The summed E-state index contributed by atoms with van der Waals surface area (Å²) in [5.74, 6) is 0.910. The van der Waals surface area contributed by atoms with E-state index in [4.69, 9.17) is 15.5 Å². The van der Waals surface area contributed by atoms with Gasteiger partial charge >= 0.3 is 12.1 Å². The van der Waals surface area contributed by atoms with Gasteiger partial charge in [-0.3, -0.25) is 14.8 Å². The molecule has 1 aliphatic heterocycles. The molecule has 4 rings (SSSR count). The van der Waals surface area contributed by atoms with Crippen molar-refractivity contribution < 1.29 is 19.1 Å². The molecule has 49 heavy (non-hydrogen) atoms. The molecule has 0 bridgehead atoms. The Kier molecular flexibility index (Phi) is 15.4. The Balaban J connectivity index is 1.41. The molecule has 0 aliphatic carbocycles. The van der Waals surface area contributed by atoms with E-state index >= 15 is 0 Å². The second kappa shape index (κ2) is 19.9. The van der Waals surface area contributed by atoms with Crippen LogP contribution in [-0.4, -0.2) is 83.0 Å². The molecule has 2 heterocycles. The number of carbonyl (C=O) groups is 3. The number of thiazole rings is 1. The summed E-state index contributed by atoms with van der Waals surface area (Å²) in [6.45, 7) is 5.08. The summed E-state index contributed by atoms with van der Waals surface area (Å²) in [6, 6.07) is 18.3. The summed E-state index contributed by atoms with van der Waals surface area (Å²) < 4.78 is 5.48. The van der Waals surface area contributed by atoms with Gasteiger partial charge in [-0.25, -0.2) is 9.59 Å². The number of hydrogen-bond acceptors (Lipinski definition) is 9. The number of carbonyl (C=O) groups excluding carboxylic acids is 3. The van der Waals surface area contributed by atoms with Crippen molar-refractivity contribution in [2.75, 3.05) is 25.9 Å². The zero-order chi connectivity index (χ0) is 35.0. The summed E-state index contributed by atoms with van der Waals surface area (Å²) in [5.41, 5.74) is 9.75. The van der Waals surface area contributed by atoms with Gasteiger partial charge in [-0.2, -0.15) is 0 Å². The van der Waals surface area contributed by atoms with Gasteiger partial charge in [0, 0.05) is 43.5 Å². The molecule has 4 amide bonds. The van der Waals surface area contributed by atoms with Crippen LogP contribution in [0.5, 0.6) is 0 Å². The van der Waals surface area contributed by atoms with Crippen molar-refractivity contribution in [2.45, 2.75) is 76.7 Å². The molecule has 0 radical (unpaired) electrons. The van der Waals surface area contributed by atoms with Crippen LogP contribution in [0.25, 0.3) is 0 Å². The van der Waals surface area contributed by atoms with E-state index in [9.17, 15) is 14.4 Å². The third kappa shape index (κ3) is 13.1. The maximum atomic E-state index is 13.7. The van der Waals surface area contributed by atoms with Crippen LogP contribution in [0.1, 0.15) is 49.1 Å². The zero-order valence-corrected chi connectivity index (χ0v) is 30.2. The Bertz CT molecular complexity index is 1480. The second-order valence-corrected chi connectivity index (χ2v) is 14.6. The van der Waals surface area contributed by atoms with E-state index in [2.05, 4.69) is 34.8 Å². The molecule has 0 saturated heterocycles. The van der Waals surface area contributed by atoms with E-state index in [1.54, 1.807) is 35.4 Å². The number of ether oxygens (including phenoxy) is 1. The van der Waals surface area contributed by atoms with Crippen LogP contribution in [0, 0.1) is 5.92 Å². The van der Waals surface area contributed by atoms with Crippen LogP contribution in [0.15, 0.2) is 77.4 Å². The lowest BCUT2D eigenvalue weighted by atomic mass is 9.95. The number of rotatable bonds is 18. The predicted molar refractivity (Wildman–Crippen MR) is 198 cm³/mol. The standard InChI is InChI=1S/C36H49N7O4S2/c1-25(2)34-40-30(23-48-34)21-43(3)35(45)42-32(16-17-37)33(44)39-28(18-26-10-6-4-7-11-26)14-15-29(19-27-12-8-5-9-13-27)41-36(46)47-22-31-20-38-24-49-31/h4-13,20,24-25,28-30,32H,14-19,21-23,37H2,1-3H3,(H,39,44)(H,41,46)(H,42,45)/t28-,29-,30?,32+/m1/s1. The van der Waals surface area contributed by atoms with Crippen LogP contribution >= 0.6 is 23.1 Å². The van der Waals surface area contributed by atoms with E-state index in [0.29, 0.717) is 44.6 Å².